The highest BCUT2D eigenvalue weighted by atomic mass is 32.1. The number of ether oxygens (including phenoxy) is 5. The maximum atomic E-state index is 11.8. The summed E-state index contributed by atoms with van der Waals surface area (Å²) in [5.74, 6) is -6.02. The molecule has 0 amide bonds. The molecule has 0 aromatic carbocycles. The van der Waals surface area contributed by atoms with Crippen LogP contribution in [0.3, 0.4) is 0 Å². The standard InChI is InChI=1S/C19H26N2O13S/c1-8(22)30-7-12-15(31-9(2)23)16(32-10(3)24)17(33-11(4)25)18(34-12)20-19(35)21(5-13(26)27)6-14(28)29/h12,15-18H,5-7H2,1-4H3,(H,20,35)(H,26,27)(H,28,29)/t12-,15-,16+,17+,18?/m1/s1. The second-order valence-corrected chi connectivity index (χ2v) is 7.60. The fraction of sp³-hybridized carbons (Fsp3) is 0.632. The molecule has 0 bridgehead atoms. The molecule has 1 aliphatic heterocycles. The van der Waals surface area contributed by atoms with Gasteiger partial charge in [0.05, 0.1) is 0 Å². The topological polar surface area (TPSA) is 204 Å². The van der Waals surface area contributed by atoms with E-state index in [0.29, 0.717) is 0 Å². The first-order valence-corrected chi connectivity index (χ1v) is 10.4. The molecule has 0 saturated carbocycles. The van der Waals surface area contributed by atoms with E-state index in [9.17, 15) is 28.8 Å². The summed E-state index contributed by atoms with van der Waals surface area (Å²) in [4.78, 5) is 69.7. The summed E-state index contributed by atoms with van der Waals surface area (Å²) in [6.07, 6.45) is -7.15. The first-order valence-electron chi connectivity index (χ1n) is 10.0. The van der Waals surface area contributed by atoms with Crippen LogP contribution in [0.15, 0.2) is 0 Å². The minimum Gasteiger partial charge on any atom is -0.480 e. The molecule has 5 atom stereocenters. The van der Waals surface area contributed by atoms with E-state index in [1.165, 1.54) is 0 Å². The largest absolute Gasteiger partial charge is 0.480 e. The molecule has 1 rings (SSSR count). The monoisotopic (exact) mass is 522 g/mol. The first kappa shape index (κ1) is 29.5. The van der Waals surface area contributed by atoms with E-state index in [-0.39, 0.29) is 0 Å². The molecule has 0 aromatic heterocycles. The van der Waals surface area contributed by atoms with Gasteiger partial charge in [0.1, 0.15) is 25.8 Å². The molecule has 15 nitrogen and oxygen atoms in total. The third-order valence-electron chi connectivity index (χ3n) is 4.20. The van der Waals surface area contributed by atoms with Gasteiger partial charge in [-0.2, -0.15) is 0 Å². The molecule has 0 radical (unpaired) electrons. The highest BCUT2D eigenvalue weighted by molar-refractivity contribution is 7.80. The first-order chi connectivity index (χ1) is 16.2. The average molecular weight is 522 g/mol. The predicted molar refractivity (Wildman–Crippen MR) is 115 cm³/mol. The third-order valence-corrected chi connectivity index (χ3v) is 4.57. The molecule has 1 fully saturated rings. The number of hydrogen-bond donors (Lipinski definition) is 3. The Bertz CT molecular complexity index is 848. The third kappa shape index (κ3) is 10.1. The fourth-order valence-corrected chi connectivity index (χ4v) is 3.33. The van der Waals surface area contributed by atoms with Crippen LogP contribution in [0.4, 0.5) is 0 Å². The molecule has 0 spiro atoms. The SMILES string of the molecule is CC(=O)OC[C@H]1OC(NC(=S)N(CC(=O)O)CC(=O)O)[C@@H](OC(C)=O)[C@@H](OC(C)=O)[C@@H]1OC(C)=O. The summed E-state index contributed by atoms with van der Waals surface area (Å²) in [5, 5.41) is 20.3. The zero-order valence-electron chi connectivity index (χ0n) is 19.2. The molecule has 1 aliphatic rings. The number of nitrogens with one attached hydrogen (secondary N) is 1. The van der Waals surface area contributed by atoms with Crippen LogP contribution in [-0.2, 0) is 52.5 Å². The Hall–Kier alpha value is -3.53. The van der Waals surface area contributed by atoms with Crippen molar-refractivity contribution in [3.63, 3.8) is 0 Å². The second-order valence-electron chi connectivity index (χ2n) is 7.21. The molecule has 0 aliphatic carbocycles. The van der Waals surface area contributed by atoms with E-state index in [1.807, 2.05) is 0 Å². The van der Waals surface area contributed by atoms with Gasteiger partial charge in [0.15, 0.2) is 29.7 Å². The Labute approximate surface area is 204 Å². The number of nitrogens with zero attached hydrogens (tertiary/aromatic N) is 1. The Morgan fingerprint density at radius 3 is 1.69 bits per heavy atom. The number of carbonyl (C=O) groups excluding carboxylic acids is 4. The van der Waals surface area contributed by atoms with Crippen molar-refractivity contribution in [2.45, 2.75) is 58.3 Å². The molecule has 16 heteroatoms. The average Bonchev–Trinajstić information content (AvgIpc) is 2.68. The summed E-state index contributed by atoms with van der Waals surface area (Å²) in [6, 6.07) is 0. The molecule has 1 heterocycles. The van der Waals surface area contributed by atoms with Crippen LogP contribution < -0.4 is 5.32 Å². The van der Waals surface area contributed by atoms with E-state index < -0.39 is 91.3 Å². The number of thiocarbonyl (C=S) groups is 1. The molecular weight excluding hydrogens is 496 g/mol. The van der Waals surface area contributed by atoms with Crippen LogP contribution in [0.2, 0.25) is 0 Å². The maximum Gasteiger partial charge on any atom is 0.323 e. The summed E-state index contributed by atoms with van der Waals surface area (Å²) in [6.45, 7) is 2.15. The Morgan fingerprint density at radius 1 is 0.800 bits per heavy atom. The van der Waals surface area contributed by atoms with Gasteiger partial charge in [-0.1, -0.05) is 0 Å². The van der Waals surface area contributed by atoms with Gasteiger partial charge in [-0.05, 0) is 12.2 Å². The van der Waals surface area contributed by atoms with Gasteiger partial charge in [-0.15, -0.1) is 0 Å². The number of esters is 4. The van der Waals surface area contributed by atoms with E-state index in [1.54, 1.807) is 0 Å². The number of aliphatic carboxylic acids is 2. The second kappa shape index (κ2) is 13.4. The lowest BCUT2D eigenvalue weighted by atomic mass is 9.97. The Morgan fingerprint density at radius 2 is 1.26 bits per heavy atom. The van der Waals surface area contributed by atoms with Gasteiger partial charge in [0.25, 0.3) is 0 Å². The molecular formula is C19H26N2O13S. The number of rotatable bonds is 10. The lowest BCUT2D eigenvalue weighted by Crippen LogP contribution is -2.67. The summed E-state index contributed by atoms with van der Waals surface area (Å²) in [5.41, 5.74) is 0. The number of hydrogen-bond acceptors (Lipinski definition) is 12. The van der Waals surface area contributed by atoms with Crippen LogP contribution in [0.1, 0.15) is 27.7 Å². The van der Waals surface area contributed by atoms with Crippen molar-refractivity contribution < 1.29 is 62.7 Å². The van der Waals surface area contributed by atoms with Gasteiger partial charge in [-0.3, -0.25) is 28.8 Å². The minimum absolute atomic E-state index is 0.421. The van der Waals surface area contributed by atoms with Crippen LogP contribution in [0.5, 0.6) is 0 Å². The summed E-state index contributed by atoms with van der Waals surface area (Å²) >= 11 is 5.12. The van der Waals surface area contributed by atoms with Gasteiger partial charge in [0, 0.05) is 27.7 Å². The number of carboxylic acid groups (broad SMARTS) is 2. The van der Waals surface area contributed by atoms with E-state index in [2.05, 4.69) is 5.32 Å². The zero-order valence-corrected chi connectivity index (χ0v) is 20.1. The summed E-state index contributed by atoms with van der Waals surface area (Å²) in [7, 11) is 0. The van der Waals surface area contributed by atoms with Crippen LogP contribution in [-0.4, -0.2) is 106 Å². The van der Waals surface area contributed by atoms with Gasteiger partial charge < -0.3 is 44.1 Å². The highest BCUT2D eigenvalue weighted by Crippen LogP contribution is 2.28. The quantitative estimate of drug-likeness (QED) is 0.168. The zero-order chi connectivity index (χ0) is 26.9. The van der Waals surface area contributed by atoms with Crippen LogP contribution in [0.25, 0.3) is 0 Å². The molecule has 35 heavy (non-hydrogen) atoms. The van der Waals surface area contributed by atoms with E-state index >= 15 is 0 Å². The molecule has 1 unspecified atom stereocenters. The molecule has 3 N–H and O–H groups in total. The normalized spacial score (nSPS) is 23.3. The van der Waals surface area contributed by atoms with Crippen molar-refractivity contribution in [1.82, 2.24) is 10.2 Å². The van der Waals surface area contributed by atoms with Crippen molar-refractivity contribution in [2.75, 3.05) is 19.7 Å². The van der Waals surface area contributed by atoms with Crippen LogP contribution >= 0.6 is 12.2 Å². The lowest BCUT2D eigenvalue weighted by molar-refractivity contribution is -0.255. The van der Waals surface area contributed by atoms with E-state index in [4.69, 9.17) is 46.1 Å². The predicted octanol–water partition coefficient (Wildman–Crippen LogP) is -1.58. The Balaban J connectivity index is 3.41. The van der Waals surface area contributed by atoms with Gasteiger partial charge >= 0.3 is 35.8 Å². The van der Waals surface area contributed by atoms with Crippen molar-refractivity contribution >= 4 is 53.1 Å². The maximum absolute atomic E-state index is 11.8. The fourth-order valence-electron chi connectivity index (χ4n) is 3.08. The lowest BCUT2D eigenvalue weighted by Gasteiger charge is -2.45. The van der Waals surface area contributed by atoms with Gasteiger partial charge in [0.2, 0.25) is 0 Å². The molecule has 1 saturated heterocycles. The highest BCUT2D eigenvalue weighted by Gasteiger charge is 2.52. The van der Waals surface area contributed by atoms with Crippen molar-refractivity contribution in [3.8, 4) is 0 Å². The smallest absolute Gasteiger partial charge is 0.323 e. The van der Waals surface area contributed by atoms with Crippen LogP contribution in [0, 0.1) is 0 Å². The molecule has 196 valence electrons. The number of carboxylic acids is 2. The van der Waals surface area contributed by atoms with Crippen molar-refractivity contribution in [1.29, 1.82) is 0 Å². The van der Waals surface area contributed by atoms with Crippen molar-refractivity contribution in [2.24, 2.45) is 0 Å². The minimum atomic E-state index is -1.51. The van der Waals surface area contributed by atoms with Gasteiger partial charge in [-0.25, -0.2) is 0 Å². The van der Waals surface area contributed by atoms with Crippen molar-refractivity contribution in [3.05, 3.63) is 0 Å². The van der Waals surface area contributed by atoms with E-state index in [0.717, 1.165) is 32.6 Å². The number of carbonyl (C=O) groups is 6. The summed E-state index contributed by atoms with van der Waals surface area (Å²) < 4.78 is 26.4. The Kier molecular flexibility index (Phi) is 11.3. The molecule has 0 aromatic rings.